The van der Waals surface area contributed by atoms with Gasteiger partial charge in [-0.25, -0.2) is 4.68 Å². The highest BCUT2D eigenvalue weighted by Gasteiger charge is 2.46. The zero-order chi connectivity index (χ0) is 22.8. The van der Waals surface area contributed by atoms with E-state index in [9.17, 15) is 14.7 Å². The first-order valence-corrected chi connectivity index (χ1v) is 10.3. The number of ketones is 1. The lowest BCUT2D eigenvalue weighted by Crippen LogP contribution is -2.35. The minimum absolute atomic E-state index is 0.0532. The summed E-state index contributed by atoms with van der Waals surface area (Å²) < 4.78 is 1.69. The second-order valence-electron chi connectivity index (χ2n) is 7.97. The molecule has 3 aromatic rings. The number of rotatable bonds is 6. The number of likely N-dealkylation sites (tertiary alicyclic amines) is 1. The number of aliphatic hydroxyl groups is 1. The molecule has 2 aromatic heterocycles. The van der Waals surface area contributed by atoms with E-state index < -0.39 is 17.7 Å². The van der Waals surface area contributed by atoms with Crippen LogP contribution in [-0.4, -0.2) is 68.5 Å². The molecule has 1 aliphatic rings. The van der Waals surface area contributed by atoms with Crippen molar-refractivity contribution in [2.24, 2.45) is 0 Å². The third kappa shape index (κ3) is 3.80. The molecule has 0 saturated carbocycles. The number of amides is 1. The van der Waals surface area contributed by atoms with Crippen molar-refractivity contribution in [2.75, 3.05) is 27.2 Å². The molecule has 3 heterocycles. The molecule has 1 fully saturated rings. The van der Waals surface area contributed by atoms with Gasteiger partial charge < -0.3 is 14.9 Å². The van der Waals surface area contributed by atoms with Crippen LogP contribution in [0.5, 0.6) is 0 Å². The number of nitrogens with zero attached hydrogens (tertiary/aromatic N) is 5. The van der Waals surface area contributed by atoms with Gasteiger partial charge >= 0.3 is 0 Å². The van der Waals surface area contributed by atoms with E-state index in [1.54, 1.807) is 29.2 Å². The minimum Gasteiger partial charge on any atom is -0.507 e. The second-order valence-corrected chi connectivity index (χ2v) is 7.97. The van der Waals surface area contributed by atoms with E-state index in [4.69, 9.17) is 0 Å². The van der Waals surface area contributed by atoms with E-state index in [2.05, 4.69) is 10.1 Å². The van der Waals surface area contributed by atoms with Crippen molar-refractivity contribution < 1.29 is 14.7 Å². The summed E-state index contributed by atoms with van der Waals surface area (Å²) in [5.74, 6) is -1.57. The smallest absolute Gasteiger partial charge is 0.295 e. The van der Waals surface area contributed by atoms with E-state index in [-0.39, 0.29) is 11.3 Å². The third-order valence-electron chi connectivity index (χ3n) is 5.59. The van der Waals surface area contributed by atoms with Crippen LogP contribution in [0.25, 0.3) is 11.4 Å². The van der Waals surface area contributed by atoms with E-state index in [1.165, 1.54) is 11.1 Å². The van der Waals surface area contributed by atoms with Crippen LogP contribution in [0.4, 0.5) is 0 Å². The lowest BCUT2D eigenvalue weighted by molar-refractivity contribution is -0.140. The van der Waals surface area contributed by atoms with Gasteiger partial charge in [0.15, 0.2) is 0 Å². The predicted molar refractivity (Wildman–Crippen MR) is 120 cm³/mol. The molecule has 4 rings (SSSR count). The number of carbonyl (C=O) groups is 2. The van der Waals surface area contributed by atoms with Crippen molar-refractivity contribution in [1.29, 1.82) is 0 Å². The largest absolute Gasteiger partial charge is 0.507 e. The molecule has 1 atom stereocenters. The highest BCUT2D eigenvalue weighted by Crippen LogP contribution is 2.39. The van der Waals surface area contributed by atoms with Crippen molar-refractivity contribution in [2.45, 2.75) is 13.0 Å². The summed E-state index contributed by atoms with van der Waals surface area (Å²) in [5.41, 5.74) is 2.63. The first kappa shape index (κ1) is 21.5. The van der Waals surface area contributed by atoms with E-state index in [0.717, 1.165) is 5.69 Å². The minimum atomic E-state index is -0.719. The average Bonchev–Trinajstić information content (AvgIpc) is 3.30. The zero-order valence-electron chi connectivity index (χ0n) is 18.3. The van der Waals surface area contributed by atoms with Gasteiger partial charge in [0.1, 0.15) is 5.76 Å². The van der Waals surface area contributed by atoms with Gasteiger partial charge in [-0.2, -0.15) is 5.10 Å². The van der Waals surface area contributed by atoms with Gasteiger partial charge in [0.05, 0.1) is 34.8 Å². The predicted octanol–water partition coefficient (Wildman–Crippen LogP) is 2.56. The number of benzene rings is 1. The molecule has 1 saturated heterocycles. The number of hydrogen-bond acceptors (Lipinski definition) is 6. The maximum Gasteiger partial charge on any atom is 0.295 e. The Morgan fingerprint density at radius 1 is 1.09 bits per heavy atom. The number of likely N-dealkylation sites (N-methyl/N-ethyl adjacent to an activating group) is 1. The van der Waals surface area contributed by atoms with Gasteiger partial charge in [-0.1, -0.05) is 24.3 Å². The van der Waals surface area contributed by atoms with Gasteiger partial charge in [-0.3, -0.25) is 14.6 Å². The Bertz CT molecular complexity index is 1170. The van der Waals surface area contributed by atoms with Gasteiger partial charge in [0.25, 0.3) is 11.7 Å². The summed E-state index contributed by atoms with van der Waals surface area (Å²) in [6.45, 7) is 2.74. The number of para-hydroxylation sites is 1. The van der Waals surface area contributed by atoms with Gasteiger partial charge in [-0.05, 0) is 44.8 Å². The Kier molecular flexibility index (Phi) is 5.87. The molecule has 1 N–H and O–H groups in total. The third-order valence-corrected chi connectivity index (χ3v) is 5.59. The molecule has 1 aromatic carbocycles. The maximum absolute atomic E-state index is 13.1. The van der Waals surface area contributed by atoms with Gasteiger partial charge in [0.2, 0.25) is 0 Å². The fourth-order valence-electron chi connectivity index (χ4n) is 3.92. The Morgan fingerprint density at radius 3 is 2.50 bits per heavy atom. The van der Waals surface area contributed by atoms with Crippen LogP contribution >= 0.6 is 0 Å². The normalized spacial score (nSPS) is 18.0. The van der Waals surface area contributed by atoms with Crippen LogP contribution in [-0.2, 0) is 9.59 Å². The number of carbonyl (C=O) groups excluding carboxylic acids is 2. The fraction of sp³-hybridized carbons (Fsp3) is 0.250. The van der Waals surface area contributed by atoms with Crippen LogP contribution in [0, 0.1) is 6.92 Å². The molecule has 0 unspecified atom stereocenters. The first-order chi connectivity index (χ1) is 15.4. The van der Waals surface area contributed by atoms with Crippen molar-refractivity contribution in [3.8, 4) is 5.69 Å². The summed E-state index contributed by atoms with van der Waals surface area (Å²) in [7, 11) is 3.80. The van der Waals surface area contributed by atoms with Crippen molar-refractivity contribution in [1.82, 2.24) is 24.6 Å². The second kappa shape index (κ2) is 8.76. The molecular formula is C24H25N5O3. The first-order valence-electron chi connectivity index (χ1n) is 10.3. The van der Waals surface area contributed by atoms with Crippen LogP contribution in [0.15, 0.2) is 66.6 Å². The van der Waals surface area contributed by atoms with Crippen molar-refractivity contribution in [3.05, 3.63) is 83.4 Å². The van der Waals surface area contributed by atoms with Crippen LogP contribution in [0.1, 0.15) is 22.9 Å². The molecule has 32 heavy (non-hydrogen) atoms. The van der Waals surface area contributed by atoms with E-state index in [0.29, 0.717) is 29.9 Å². The molecule has 0 bridgehead atoms. The number of pyridine rings is 1. The monoisotopic (exact) mass is 431 g/mol. The summed E-state index contributed by atoms with van der Waals surface area (Å²) in [6.07, 6.45) is 4.77. The average molecular weight is 431 g/mol. The fourth-order valence-corrected chi connectivity index (χ4v) is 3.92. The number of Topliss-reactive ketones (excluding diaryl/α,β-unsaturated/α-hetero) is 1. The van der Waals surface area contributed by atoms with Gasteiger partial charge in [-0.15, -0.1) is 0 Å². The number of aromatic nitrogens is 3. The molecule has 8 nitrogen and oxygen atoms in total. The molecule has 164 valence electrons. The molecule has 0 aliphatic carbocycles. The molecule has 1 aliphatic heterocycles. The highest BCUT2D eigenvalue weighted by molar-refractivity contribution is 6.46. The quantitative estimate of drug-likeness (QED) is 0.366. The Morgan fingerprint density at radius 2 is 1.84 bits per heavy atom. The van der Waals surface area contributed by atoms with E-state index >= 15 is 0 Å². The topological polar surface area (TPSA) is 91.6 Å². The van der Waals surface area contributed by atoms with Crippen LogP contribution < -0.4 is 0 Å². The molecular weight excluding hydrogens is 406 g/mol. The van der Waals surface area contributed by atoms with E-state index in [1.807, 2.05) is 56.3 Å². The standard InChI is InChI=1S/C24H25N5O3/c1-16-19(15-26-29(16)18-9-5-4-6-10-18)22(30)20-21(17-8-7-11-25-14-17)28(13-12-27(2)3)24(32)23(20)31/h4-11,14-15,21,30H,12-13H2,1-3H3/t21-/m0/s1. The Labute approximate surface area is 186 Å². The molecule has 0 radical (unpaired) electrons. The molecule has 1 amide bonds. The lowest BCUT2D eigenvalue weighted by atomic mass is 9.96. The molecule has 8 heteroatoms. The summed E-state index contributed by atoms with van der Waals surface area (Å²) in [4.78, 5) is 33.6. The Hall–Kier alpha value is -3.78. The lowest BCUT2D eigenvalue weighted by Gasteiger charge is -2.26. The zero-order valence-corrected chi connectivity index (χ0v) is 18.3. The SMILES string of the molecule is Cc1c(C(O)=C2C(=O)C(=O)N(CCN(C)C)[C@H]2c2cccnc2)cnn1-c1ccccc1. The molecule has 0 spiro atoms. The van der Waals surface area contributed by atoms with Crippen LogP contribution in [0.2, 0.25) is 0 Å². The Balaban J connectivity index is 1.83. The van der Waals surface area contributed by atoms with Crippen molar-refractivity contribution >= 4 is 17.4 Å². The summed E-state index contributed by atoms with van der Waals surface area (Å²) in [6, 6.07) is 12.3. The summed E-state index contributed by atoms with van der Waals surface area (Å²) in [5, 5.41) is 15.7. The number of aliphatic hydroxyl groups excluding tert-OH is 1. The van der Waals surface area contributed by atoms with Crippen molar-refractivity contribution in [3.63, 3.8) is 0 Å². The maximum atomic E-state index is 13.1. The number of hydrogen-bond donors (Lipinski definition) is 1. The summed E-state index contributed by atoms with van der Waals surface area (Å²) >= 11 is 0. The van der Waals surface area contributed by atoms with Gasteiger partial charge in [0, 0.05) is 25.5 Å². The van der Waals surface area contributed by atoms with Crippen LogP contribution in [0.3, 0.4) is 0 Å². The highest BCUT2D eigenvalue weighted by atomic mass is 16.3.